The predicted molar refractivity (Wildman–Crippen MR) is 66.3 cm³/mol. The van der Waals surface area contributed by atoms with Gasteiger partial charge in [-0.1, -0.05) is 37.0 Å². The molecule has 0 saturated heterocycles. The molecule has 0 radical (unpaired) electrons. The van der Waals surface area contributed by atoms with Crippen LogP contribution >= 0.6 is 46.4 Å². The van der Waals surface area contributed by atoms with E-state index in [9.17, 15) is 4.79 Å². The number of carbonyl (C=O) groups excluding carboxylic acids is 1. The summed E-state index contributed by atoms with van der Waals surface area (Å²) in [4.78, 5) is 11.7. The van der Waals surface area contributed by atoms with E-state index >= 15 is 0 Å². The largest absolute Gasteiger partial charge is 0.295 e. The zero-order valence-electron chi connectivity index (χ0n) is 8.64. The standard InChI is InChI=1S/C10H14Cl4O/c1-5(2)8(12)6-3-4-7(11)9(15)10(6,13)14/h5-8H,3-4H2,1-2H3. The maximum absolute atomic E-state index is 11.7. The first kappa shape index (κ1) is 13.9. The fourth-order valence-corrected chi connectivity index (χ4v) is 3.46. The van der Waals surface area contributed by atoms with Crippen molar-refractivity contribution in [2.45, 2.75) is 41.8 Å². The van der Waals surface area contributed by atoms with Crippen molar-refractivity contribution in [2.24, 2.45) is 11.8 Å². The van der Waals surface area contributed by atoms with Crippen molar-refractivity contribution in [1.29, 1.82) is 0 Å². The van der Waals surface area contributed by atoms with Crippen LogP contribution in [0.4, 0.5) is 0 Å². The van der Waals surface area contributed by atoms with Gasteiger partial charge in [-0.05, 0) is 18.8 Å². The molecule has 3 unspecified atom stereocenters. The van der Waals surface area contributed by atoms with Gasteiger partial charge >= 0.3 is 0 Å². The molecule has 5 heteroatoms. The van der Waals surface area contributed by atoms with Crippen molar-refractivity contribution < 1.29 is 4.79 Å². The van der Waals surface area contributed by atoms with E-state index in [4.69, 9.17) is 46.4 Å². The third-order valence-electron chi connectivity index (χ3n) is 2.83. The maximum Gasteiger partial charge on any atom is 0.186 e. The first-order valence-electron chi connectivity index (χ1n) is 4.98. The minimum Gasteiger partial charge on any atom is -0.295 e. The summed E-state index contributed by atoms with van der Waals surface area (Å²) >= 11 is 24.2. The van der Waals surface area contributed by atoms with Crippen LogP contribution in [0.2, 0.25) is 0 Å². The van der Waals surface area contributed by atoms with Gasteiger partial charge in [-0.15, -0.1) is 23.2 Å². The Morgan fingerprint density at radius 2 is 1.87 bits per heavy atom. The maximum atomic E-state index is 11.7. The van der Waals surface area contributed by atoms with E-state index in [0.29, 0.717) is 12.8 Å². The Morgan fingerprint density at radius 1 is 1.33 bits per heavy atom. The van der Waals surface area contributed by atoms with Gasteiger partial charge in [-0.3, -0.25) is 4.79 Å². The molecule has 1 saturated carbocycles. The van der Waals surface area contributed by atoms with Gasteiger partial charge < -0.3 is 0 Å². The Bertz CT molecular complexity index is 252. The number of ketones is 1. The lowest BCUT2D eigenvalue weighted by atomic mass is 9.81. The Balaban J connectivity index is 2.87. The van der Waals surface area contributed by atoms with Crippen molar-refractivity contribution in [3.63, 3.8) is 0 Å². The molecule has 0 aromatic rings. The van der Waals surface area contributed by atoms with Crippen LogP contribution in [0.25, 0.3) is 0 Å². The highest BCUT2D eigenvalue weighted by molar-refractivity contribution is 6.61. The average Bonchev–Trinajstić information content (AvgIpc) is 2.13. The molecule has 1 aliphatic carbocycles. The number of Topliss-reactive ketones (excluding diaryl/α,β-unsaturated/α-hetero) is 1. The predicted octanol–water partition coefficient (Wildman–Crippen LogP) is 4.01. The molecular weight excluding hydrogens is 278 g/mol. The van der Waals surface area contributed by atoms with Gasteiger partial charge in [0.1, 0.15) is 0 Å². The van der Waals surface area contributed by atoms with Crippen LogP contribution in [0.5, 0.6) is 0 Å². The number of halogens is 4. The molecule has 0 N–H and O–H groups in total. The van der Waals surface area contributed by atoms with Crippen LogP contribution in [-0.2, 0) is 4.79 Å². The molecule has 15 heavy (non-hydrogen) atoms. The monoisotopic (exact) mass is 290 g/mol. The molecule has 0 aromatic carbocycles. The number of rotatable bonds is 2. The van der Waals surface area contributed by atoms with Crippen molar-refractivity contribution in [3.8, 4) is 0 Å². The van der Waals surface area contributed by atoms with Crippen LogP contribution in [0.1, 0.15) is 26.7 Å². The second kappa shape index (κ2) is 5.00. The summed E-state index contributed by atoms with van der Waals surface area (Å²) in [7, 11) is 0. The lowest BCUT2D eigenvalue weighted by Crippen LogP contribution is -2.49. The Hall–Kier alpha value is 0.830. The molecule has 1 rings (SSSR count). The van der Waals surface area contributed by atoms with E-state index in [1.165, 1.54) is 0 Å². The van der Waals surface area contributed by atoms with E-state index in [1.807, 2.05) is 13.8 Å². The highest BCUT2D eigenvalue weighted by Gasteiger charge is 2.51. The second-order valence-corrected chi connectivity index (χ2v) is 6.74. The summed E-state index contributed by atoms with van der Waals surface area (Å²) < 4.78 is -1.43. The molecular formula is C10H14Cl4O. The summed E-state index contributed by atoms with van der Waals surface area (Å²) in [5.74, 6) is -0.298. The number of hydrogen-bond donors (Lipinski definition) is 0. The molecule has 88 valence electrons. The van der Waals surface area contributed by atoms with Crippen molar-refractivity contribution in [3.05, 3.63) is 0 Å². The number of hydrogen-bond acceptors (Lipinski definition) is 1. The number of alkyl halides is 4. The fraction of sp³-hybridized carbons (Fsp3) is 0.900. The quantitative estimate of drug-likeness (QED) is 0.703. The molecule has 1 nitrogen and oxygen atoms in total. The summed E-state index contributed by atoms with van der Waals surface area (Å²) in [6, 6.07) is 0. The zero-order valence-corrected chi connectivity index (χ0v) is 11.7. The van der Waals surface area contributed by atoms with E-state index in [0.717, 1.165) is 0 Å². The van der Waals surface area contributed by atoms with Crippen molar-refractivity contribution >= 4 is 52.2 Å². The normalized spacial score (nSPS) is 33.1. The van der Waals surface area contributed by atoms with Crippen LogP contribution in [0.15, 0.2) is 0 Å². The van der Waals surface area contributed by atoms with E-state index in [1.54, 1.807) is 0 Å². The van der Waals surface area contributed by atoms with Gasteiger partial charge in [0.05, 0.1) is 5.38 Å². The Labute approximate surface area is 110 Å². The van der Waals surface area contributed by atoms with Crippen LogP contribution in [-0.4, -0.2) is 20.9 Å². The molecule has 0 amide bonds. The van der Waals surface area contributed by atoms with Gasteiger partial charge in [0.25, 0.3) is 0 Å². The van der Waals surface area contributed by atoms with Crippen LogP contribution in [0, 0.1) is 11.8 Å². The summed E-state index contributed by atoms with van der Waals surface area (Å²) in [6.07, 6.45) is 1.29. The molecule has 0 aromatic heterocycles. The molecule has 0 aliphatic heterocycles. The molecule has 3 atom stereocenters. The van der Waals surface area contributed by atoms with Gasteiger partial charge in [-0.25, -0.2) is 0 Å². The van der Waals surface area contributed by atoms with E-state index < -0.39 is 9.71 Å². The summed E-state index contributed by atoms with van der Waals surface area (Å²) in [5, 5.41) is -0.777. The van der Waals surface area contributed by atoms with Gasteiger partial charge in [0, 0.05) is 11.3 Å². The molecule has 1 fully saturated rings. The lowest BCUT2D eigenvalue weighted by molar-refractivity contribution is -0.122. The fourth-order valence-electron chi connectivity index (χ4n) is 1.85. The smallest absolute Gasteiger partial charge is 0.186 e. The Morgan fingerprint density at radius 3 is 2.33 bits per heavy atom. The zero-order chi connectivity index (χ0) is 11.8. The lowest BCUT2D eigenvalue weighted by Gasteiger charge is -2.38. The topological polar surface area (TPSA) is 17.1 Å². The van der Waals surface area contributed by atoms with Crippen LogP contribution < -0.4 is 0 Å². The van der Waals surface area contributed by atoms with Gasteiger partial charge in [0.2, 0.25) is 0 Å². The average molecular weight is 292 g/mol. The molecule has 0 spiro atoms. The summed E-state index contributed by atoms with van der Waals surface area (Å²) in [5.41, 5.74) is 0. The SMILES string of the molecule is CC(C)C(Cl)C1CCC(Cl)C(=O)C1(Cl)Cl. The third kappa shape index (κ3) is 2.74. The number of carbonyl (C=O) groups is 1. The van der Waals surface area contributed by atoms with E-state index in [-0.39, 0.29) is 23.0 Å². The van der Waals surface area contributed by atoms with Gasteiger partial charge in [0.15, 0.2) is 10.1 Å². The minimum absolute atomic E-state index is 0.201. The molecule has 0 bridgehead atoms. The van der Waals surface area contributed by atoms with E-state index in [2.05, 4.69) is 0 Å². The second-order valence-electron chi connectivity index (χ2n) is 4.33. The van der Waals surface area contributed by atoms with Crippen LogP contribution in [0.3, 0.4) is 0 Å². The molecule has 1 aliphatic rings. The molecule has 0 heterocycles. The minimum atomic E-state index is -1.43. The van der Waals surface area contributed by atoms with Crippen molar-refractivity contribution in [1.82, 2.24) is 0 Å². The van der Waals surface area contributed by atoms with Crippen molar-refractivity contribution in [2.75, 3.05) is 0 Å². The highest BCUT2D eigenvalue weighted by Crippen LogP contribution is 2.46. The third-order valence-corrected chi connectivity index (χ3v) is 4.99. The highest BCUT2D eigenvalue weighted by atomic mass is 35.5. The van der Waals surface area contributed by atoms with Gasteiger partial charge in [-0.2, -0.15) is 0 Å². The Kier molecular flexibility index (Phi) is 4.63. The first-order chi connectivity index (χ1) is 6.78. The first-order valence-corrected chi connectivity index (χ1v) is 6.61. The summed E-state index contributed by atoms with van der Waals surface area (Å²) in [6.45, 7) is 3.97.